The van der Waals surface area contributed by atoms with Crippen molar-refractivity contribution >= 4 is 17.7 Å². The van der Waals surface area contributed by atoms with E-state index in [1.54, 1.807) is 0 Å². The van der Waals surface area contributed by atoms with E-state index in [1.165, 1.54) is 30.8 Å². The molecule has 1 aromatic heterocycles. The first-order valence-electron chi connectivity index (χ1n) is 7.05. The number of anilines is 1. The second-order valence-electron chi connectivity index (χ2n) is 4.78. The zero-order chi connectivity index (χ0) is 13.4. The Kier molecular flexibility index (Phi) is 7.25. The van der Waals surface area contributed by atoms with Crippen molar-refractivity contribution in [3.63, 3.8) is 0 Å². The second kappa shape index (κ2) is 8.46. The van der Waals surface area contributed by atoms with Crippen LogP contribution in [0, 0.1) is 6.92 Å². The average molecular weight is 269 g/mol. The van der Waals surface area contributed by atoms with E-state index in [9.17, 15) is 0 Å². The van der Waals surface area contributed by atoms with Crippen molar-refractivity contribution in [1.82, 2.24) is 9.55 Å². The molecule has 0 aromatic carbocycles. The number of hydrogen-bond acceptors (Lipinski definition) is 3. The van der Waals surface area contributed by atoms with Gasteiger partial charge in [0, 0.05) is 18.8 Å². The Bertz CT molecular complexity index is 336. The van der Waals surface area contributed by atoms with E-state index in [2.05, 4.69) is 48.8 Å². The van der Waals surface area contributed by atoms with Gasteiger partial charge in [-0.1, -0.05) is 20.3 Å². The Morgan fingerprint density at radius 1 is 1.44 bits per heavy atom. The van der Waals surface area contributed by atoms with Crippen LogP contribution in [-0.4, -0.2) is 27.1 Å². The largest absolute Gasteiger partial charge is 0.353 e. The van der Waals surface area contributed by atoms with Gasteiger partial charge in [-0.2, -0.15) is 11.8 Å². The van der Waals surface area contributed by atoms with Gasteiger partial charge in [-0.15, -0.1) is 0 Å². The lowest BCUT2D eigenvalue weighted by Crippen LogP contribution is -2.19. The van der Waals surface area contributed by atoms with Gasteiger partial charge < -0.3 is 9.88 Å². The minimum Gasteiger partial charge on any atom is -0.353 e. The molecule has 0 spiro atoms. The van der Waals surface area contributed by atoms with Crippen molar-refractivity contribution in [1.29, 1.82) is 0 Å². The fraction of sp³-hybridized carbons (Fsp3) is 0.786. The Morgan fingerprint density at radius 3 is 2.89 bits per heavy atom. The van der Waals surface area contributed by atoms with Crippen LogP contribution in [0.2, 0.25) is 0 Å². The summed E-state index contributed by atoms with van der Waals surface area (Å²) in [6.07, 6.45) is 5.77. The second-order valence-corrected chi connectivity index (χ2v) is 6.18. The molecule has 1 unspecified atom stereocenters. The topological polar surface area (TPSA) is 29.9 Å². The summed E-state index contributed by atoms with van der Waals surface area (Å²) in [5, 5.41) is 3.54. The predicted molar refractivity (Wildman–Crippen MR) is 82.6 cm³/mol. The van der Waals surface area contributed by atoms with Crippen molar-refractivity contribution < 1.29 is 0 Å². The third-order valence-corrected chi connectivity index (χ3v) is 3.86. The Morgan fingerprint density at radius 2 is 2.22 bits per heavy atom. The predicted octanol–water partition coefficient (Wildman–Crippen LogP) is 3.94. The first-order chi connectivity index (χ1) is 8.67. The molecular formula is C14H27N3S. The molecule has 4 heteroatoms. The minimum atomic E-state index is 0.492. The molecule has 1 rings (SSSR count). The van der Waals surface area contributed by atoms with E-state index in [0.717, 1.165) is 18.2 Å². The summed E-state index contributed by atoms with van der Waals surface area (Å²) >= 11 is 2.00. The third-order valence-electron chi connectivity index (χ3n) is 2.92. The molecule has 0 bridgehead atoms. The number of nitrogens with zero attached hydrogens (tertiary/aromatic N) is 2. The van der Waals surface area contributed by atoms with Gasteiger partial charge in [-0.3, -0.25) is 0 Å². The summed E-state index contributed by atoms with van der Waals surface area (Å²) in [5.41, 5.74) is 1.10. The first kappa shape index (κ1) is 15.4. The van der Waals surface area contributed by atoms with Gasteiger partial charge in [0.15, 0.2) is 0 Å². The third kappa shape index (κ3) is 5.34. The van der Waals surface area contributed by atoms with Crippen LogP contribution < -0.4 is 5.32 Å². The molecule has 0 saturated carbocycles. The van der Waals surface area contributed by atoms with Gasteiger partial charge in [0.1, 0.15) is 0 Å². The Hall–Kier alpha value is -0.640. The zero-order valence-electron chi connectivity index (χ0n) is 12.2. The smallest absolute Gasteiger partial charge is 0.203 e. The van der Waals surface area contributed by atoms with E-state index in [1.807, 2.05) is 11.8 Å². The first-order valence-corrected chi connectivity index (χ1v) is 8.20. The number of aromatic nitrogens is 2. The molecule has 3 nitrogen and oxygen atoms in total. The molecule has 1 N–H and O–H groups in total. The lowest BCUT2D eigenvalue weighted by atomic mass is 10.3. The minimum absolute atomic E-state index is 0.492. The van der Waals surface area contributed by atoms with Gasteiger partial charge in [0.25, 0.3) is 0 Å². The monoisotopic (exact) mass is 269 g/mol. The highest BCUT2D eigenvalue weighted by Gasteiger charge is 2.08. The number of imidazole rings is 1. The summed E-state index contributed by atoms with van der Waals surface area (Å²) in [5.74, 6) is 3.46. The van der Waals surface area contributed by atoms with Gasteiger partial charge in [0.05, 0.1) is 5.69 Å². The zero-order valence-corrected chi connectivity index (χ0v) is 13.0. The lowest BCUT2D eigenvalue weighted by molar-refractivity contribution is 0.627. The molecule has 1 atom stereocenters. The highest BCUT2D eigenvalue weighted by molar-refractivity contribution is 7.99. The van der Waals surface area contributed by atoms with Crippen LogP contribution in [0.1, 0.15) is 45.7 Å². The highest BCUT2D eigenvalue weighted by Crippen LogP contribution is 2.13. The number of thioether (sulfide) groups is 1. The molecule has 0 amide bonds. The van der Waals surface area contributed by atoms with Crippen LogP contribution >= 0.6 is 11.8 Å². The van der Waals surface area contributed by atoms with E-state index in [-0.39, 0.29) is 0 Å². The summed E-state index contributed by atoms with van der Waals surface area (Å²) in [6, 6.07) is 0.492. The quantitative estimate of drug-likeness (QED) is 0.689. The molecule has 0 aliphatic rings. The van der Waals surface area contributed by atoms with E-state index in [4.69, 9.17) is 0 Å². The van der Waals surface area contributed by atoms with Crippen molar-refractivity contribution in [2.45, 2.75) is 59.5 Å². The van der Waals surface area contributed by atoms with Crippen LogP contribution in [0.4, 0.5) is 5.95 Å². The standard InChI is InChI=1S/C14H27N3S/c1-5-7-9-17-11-13(4)16-14(17)15-12(3)8-10-18-6-2/h11-12H,5-10H2,1-4H3,(H,15,16). The molecule has 1 aromatic rings. The van der Waals surface area contributed by atoms with Gasteiger partial charge in [0.2, 0.25) is 5.95 Å². The van der Waals surface area contributed by atoms with Crippen LogP contribution in [0.25, 0.3) is 0 Å². The number of hydrogen-bond donors (Lipinski definition) is 1. The molecule has 0 aliphatic heterocycles. The van der Waals surface area contributed by atoms with Gasteiger partial charge in [-0.25, -0.2) is 4.98 Å². The van der Waals surface area contributed by atoms with Crippen molar-refractivity contribution in [2.24, 2.45) is 0 Å². The molecule has 0 saturated heterocycles. The Labute approximate surface area is 116 Å². The number of rotatable bonds is 9. The number of nitrogens with one attached hydrogen (secondary N) is 1. The van der Waals surface area contributed by atoms with E-state index < -0.39 is 0 Å². The van der Waals surface area contributed by atoms with Crippen LogP contribution in [0.3, 0.4) is 0 Å². The van der Waals surface area contributed by atoms with Crippen LogP contribution in [-0.2, 0) is 6.54 Å². The SMILES string of the molecule is CCCCn1cc(C)nc1NC(C)CCSCC. The highest BCUT2D eigenvalue weighted by atomic mass is 32.2. The number of aryl methyl sites for hydroxylation is 2. The molecule has 1 heterocycles. The molecule has 18 heavy (non-hydrogen) atoms. The average Bonchev–Trinajstić information content (AvgIpc) is 2.67. The maximum absolute atomic E-state index is 4.58. The number of unbranched alkanes of at least 4 members (excludes halogenated alkanes) is 1. The van der Waals surface area contributed by atoms with E-state index in [0.29, 0.717) is 6.04 Å². The van der Waals surface area contributed by atoms with Crippen molar-refractivity contribution in [3.05, 3.63) is 11.9 Å². The van der Waals surface area contributed by atoms with Crippen LogP contribution in [0.15, 0.2) is 6.20 Å². The van der Waals surface area contributed by atoms with Gasteiger partial charge >= 0.3 is 0 Å². The molecule has 0 aliphatic carbocycles. The summed E-state index contributed by atoms with van der Waals surface area (Å²) in [7, 11) is 0. The summed E-state index contributed by atoms with van der Waals surface area (Å²) in [4.78, 5) is 4.58. The molecule has 0 fully saturated rings. The maximum atomic E-state index is 4.58. The van der Waals surface area contributed by atoms with Crippen molar-refractivity contribution in [2.75, 3.05) is 16.8 Å². The summed E-state index contributed by atoms with van der Waals surface area (Å²) < 4.78 is 2.25. The Balaban J connectivity index is 2.48. The molecule has 104 valence electrons. The molecule has 0 radical (unpaired) electrons. The fourth-order valence-corrected chi connectivity index (χ4v) is 2.67. The maximum Gasteiger partial charge on any atom is 0.203 e. The van der Waals surface area contributed by atoms with Crippen LogP contribution in [0.5, 0.6) is 0 Å². The van der Waals surface area contributed by atoms with E-state index >= 15 is 0 Å². The fourth-order valence-electron chi connectivity index (χ4n) is 1.86. The lowest BCUT2D eigenvalue weighted by Gasteiger charge is -2.15. The molecular weight excluding hydrogens is 242 g/mol. The summed E-state index contributed by atoms with van der Waals surface area (Å²) in [6.45, 7) is 9.80. The van der Waals surface area contributed by atoms with Crippen molar-refractivity contribution in [3.8, 4) is 0 Å². The normalized spacial score (nSPS) is 12.7. The van der Waals surface area contributed by atoms with Gasteiger partial charge in [-0.05, 0) is 38.2 Å².